The van der Waals surface area contributed by atoms with E-state index in [4.69, 9.17) is 37.0 Å². The molecular formula is C77H150O17P2. The smallest absolute Gasteiger partial charge is 0.462 e. The van der Waals surface area contributed by atoms with Crippen molar-refractivity contribution in [2.75, 3.05) is 39.6 Å². The Labute approximate surface area is 588 Å². The van der Waals surface area contributed by atoms with Crippen molar-refractivity contribution in [1.82, 2.24) is 0 Å². The molecule has 4 unspecified atom stereocenters. The van der Waals surface area contributed by atoms with Gasteiger partial charge in [0.1, 0.15) is 19.3 Å². The van der Waals surface area contributed by atoms with E-state index < -0.39 is 97.5 Å². The number of carbonyl (C=O) groups is 4. The van der Waals surface area contributed by atoms with Crippen molar-refractivity contribution in [1.29, 1.82) is 0 Å². The summed E-state index contributed by atoms with van der Waals surface area (Å²) in [7, 11) is -9.91. The third kappa shape index (κ3) is 67.9. The van der Waals surface area contributed by atoms with Crippen LogP contribution in [0.1, 0.15) is 395 Å². The molecule has 17 nitrogen and oxygen atoms in total. The van der Waals surface area contributed by atoms with Gasteiger partial charge < -0.3 is 33.8 Å². The monoisotopic (exact) mass is 1410 g/mol. The van der Waals surface area contributed by atoms with E-state index >= 15 is 0 Å². The first kappa shape index (κ1) is 94.1. The van der Waals surface area contributed by atoms with Gasteiger partial charge in [-0.2, -0.15) is 0 Å². The number of aliphatic hydroxyl groups is 1. The Bertz CT molecular complexity index is 1870. The Hall–Kier alpha value is -1.94. The van der Waals surface area contributed by atoms with Crippen LogP contribution in [0.2, 0.25) is 0 Å². The van der Waals surface area contributed by atoms with E-state index in [1.807, 2.05) is 0 Å². The van der Waals surface area contributed by atoms with E-state index in [0.29, 0.717) is 25.7 Å². The van der Waals surface area contributed by atoms with Gasteiger partial charge in [0.2, 0.25) is 0 Å². The molecular weight excluding hydrogens is 1260 g/mol. The van der Waals surface area contributed by atoms with Crippen LogP contribution in [0, 0.1) is 17.8 Å². The number of unbranched alkanes of at least 4 members (excludes halogenated alkanes) is 41. The maximum absolute atomic E-state index is 13.1. The molecule has 0 saturated heterocycles. The second kappa shape index (κ2) is 67.5. The largest absolute Gasteiger partial charge is 0.472 e. The lowest BCUT2D eigenvalue weighted by Crippen LogP contribution is -2.30. The highest BCUT2D eigenvalue weighted by molar-refractivity contribution is 7.47. The number of hydrogen-bond acceptors (Lipinski definition) is 15. The molecule has 0 aromatic carbocycles. The maximum atomic E-state index is 13.1. The molecule has 0 aromatic heterocycles. The Kier molecular flexibility index (Phi) is 66.2. The SMILES string of the molecule is CCCCCCCCCCCCC(=O)OC[C@H](COP(=O)(O)OC[C@H](O)COP(=O)(O)OC[C@@H](COC(=O)CCCCCCCCCCCC(C)C)OC(=O)CCCCCCCCCCCCCCCCCCCCC(C)CC)OC(=O)CCCCCCCCCCC(C)CC. The fourth-order valence-electron chi connectivity index (χ4n) is 11.7. The summed E-state index contributed by atoms with van der Waals surface area (Å²) in [5.74, 6) is 0.265. The molecule has 0 amide bonds. The first-order valence-corrected chi connectivity index (χ1v) is 42.9. The minimum atomic E-state index is -4.96. The number of ether oxygens (including phenoxy) is 4. The molecule has 0 rings (SSSR count). The lowest BCUT2D eigenvalue weighted by molar-refractivity contribution is -0.161. The van der Waals surface area contributed by atoms with E-state index in [1.165, 1.54) is 205 Å². The number of aliphatic hydroxyl groups excluding tert-OH is 1. The van der Waals surface area contributed by atoms with E-state index in [1.54, 1.807) is 0 Å². The van der Waals surface area contributed by atoms with Crippen LogP contribution in [0.4, 0.5) is 0 Å². The van der Waals surface area contributed by atoms with Crippen molar-refractivity contribution in [3.8, 4) is 0 Å². The fourth-order valence-corrected chi connectivity index (χ4v) is 13.3. The van der Waals surface area contributed by atoms with Crippen LogP contribution >= 0.6 is 15.6 Å². The summed E-state index contributed by atoms with van der Waals surface area (Å²) < 4.78 is 68.5. The molecule has 0 aliphatic rings. The molecule has 0 aliphatic heterocycles. The number of carbonyl (C=O) groups excluding carboxylic acids is 4. The van der Waals surface area contributed by atoms with Crippen LogP contribution in [0.25, 0.3) is 0 Å². The second-order valence-corrected chi connectivity index (χ2v) is 31.6. The predicted molar refractivity (Wildman–Crippen MR) is 391 cm³/mol. The molecule has 0 fully saturated rings. The zero-order valence-corrected chi connectivity index (χ0v) is 64.6. The van der Waals surface area contributed by atoms with Crippen molar-refractivity contribution in [2.45, 2.75) is 414 Å². The normalized spacial score (nSPS) is 14.6. The molecule has 0 aliphatic carbocycles. The summed E-state index contributed by atoms with van der Waals surface area (Å²) in [6.45, 7) is 11.9. The Morgan fingerprint density at radius 1 is 0.302 bits per heavy atom. The average Bonchev–Trinajstić information content (AvgIpc) is 1.10. The van der Waals surface area contributed by atoms with Gasteiger partial charge in [-0.05, 0) is 43.4 Å². The Morgan fingerprint density at radius 3 is 0.792 bits per heavy atom. The summed E-state index contributed by atoms with van der Waals surface area (Å²) in [4.78, 5) is 72.8. The number of phosphoric ester groups is 2. The standard InChI is InChI=1S/C77H150O17P2/c1-8-11-12-13-14-15-29-37-44-51-58-74(79)87-65-73(94-77(82)61-54-47-40-33-32-36-43-50-57-70(7)10-3)67-92-96(85,86)90-63-71(78)62-89-95(83,84)91-66-72(64-88-75(80)59-52-45-38-31-26-27-34-41-48-55-68(4)5)93-76(81)60-53-46-39-30-25-23-21-19-17-16-18-20-22-24-28-35-42-49-56-69(6)9-2/h68-73,78H,8-67H2,1-7H3,(H,83,84)(H,85,86)/t69?,70?,71-,72-,73-/m1/s1. The van der Waals surface area contributed by atoms with Crippen LogP contribution in [0.3, 0.4) is 0 Å². The number of phosphoric acid groups is 2. The van der Waals surface area contributed by atoms with Crippen LogP contribution in [0.5, 0.6) is 0 Å². The van der Waals surface area contributed by atoms with Crippen LogP contribution in [-0.2, 0) is 65.4 Å². The summed E-state index contributed by atoms with van der Waals surface area (Å²) in [6.07, 6.45) is 54.1. The topological polar surface area (TPSA) is 237 Å². The van der Waals surface area contributed by atoms with Crippen molar-refractivity contribution < 1.29 is 80.2 Å². The van der Waals surface area contributed by atoms with Gasteiger partial charge in [0.05, 0.1) is 26.4 Å². The first-order valence-electron chi connectivity index (χ1n) is 39.9. The highest BCUT2D eigenvalue weighted by atomic mass is 31.2. The summed E-state index contributed by atoms with van der Waals surface area (Å²) >= 11 is 0. The van der Waals surface area contributed by atoms with Gasteiger partial charge >= 0.3 is 39.5 Å². The van der Waals surface area contributed by atoms with Crippen molar-refractivity contribution >= 4 is 39.5 Å². The fraction of sp³-hybridized carbons (Fsp3) is 0.948. The molecule has 0 radical (unpaired) electrons. The molecule has 0 aromatic rings. The van der Waals surface area contributed by atoms with E-state index in [9.17, 15) is 43.2 Å². The van der Waals surface area contributed by atoms with Crippen LogP contribution in [0.15, 0.2) is 0 Å². The van der Waals surface area contributed by atoms with E-state index in [0.717, 1.165) is 108 Å². The molecule has 0 heterocycles. The molecule has 96 heavy (non-hydrogen) atoms. The highest BCUT2D eigenvalue weighted by Crippen LogP contribution is 2.45. The first-order chi connectivity index (χ1) is 46.3. The van der Waals surface area contributed by atoms with Crippen LogP contribution in [-0.4, -0.2) is 96.7 Å². The minimum absolute atomic E-state index is 0.105. The molecule has 3 N–H and O–H groups in total. The molecule has 0 saturated carbocycles. The number of esters is 4. The van der Waals surface area contributed by atoms with Gasteiger partial charge in [-0.25, -0.2) is 9.13 Å². The minimum Gasteiger partial charge on any atom is -0.462 e. The average molecular weight is 1410 g/mol. The van der Waals surface area contributed by atoms with Crippen molar-refractivity contribution in [3.05, 3.63) is 0 Å². The van der Waals surface area contributed by atoms with Crippen LogP contribution < -0.4 is 0 Å². The molecule has 7 atom stereocenters. The number of rotatable bonds is 75. The van der Waals surface area contributed by atoms with Gasteiger partial charge in [0.25, 0.3) is 0 Å². The summed E-state index contributed by atoms with van der Waals surface area (Å²) in [6, 6.07) is 0. The molecule has 19 heteroatoms. The second-order valence-electron chi connectivity index (χ2n) is 28.7. The van der Waals surface area contributed by atoms with Crippen molar-refractivity contribution in [2.24, 2.45) is 17.8 Å². The van der Waals surface area contributed by atoms with Gasteiger partial charge in [0, 0.05) is 25.7 Å². The van der Waals surface area contributed by atoms with Gasteiger partial charge in [-0.15, -0.1) is 0 Å². The van der Waals surface area contributed by atoms with Gasteiger partial charge in [-0.1, -0.05) is 344 Å². The van der Waals surface area contributed by atoms with Crippen molar-refractivity contribution in [3.63, 3.8) is 0 Å². The lowest BCUT2D eigenvalue weighted by atomic mass is 9.99. The molecule has 570 valence electrons. The van der Waals surface area contributed by atoms with E-state index in [-0.39, 0.29) is 25.7 Å². The lowest BCUT2D eigenvalue weighted by Gasteiger charge is -2.21. The highest BCUT2D eigenvalue weighted by Gasteiger charge is 2.30. The van der Waals surface area contributed by atoms with Gasteiger partial charge in [-0.3, -0.25) is 37.3 Å². The third-order valence-corrected chi connectivity index (χ3v) is 20.5. The van der Waals surface area contributed by atoms with E-state index in [2.05, 4.69) is 48.5 Å². The maximum Gasteiger partial charge on any atom is 0.472 e. The molecule has 0 bridgehead atoms. The predicted octanol–water partition coefficient (Wildman–Crippen LogP) is 22.6. The zero-order chi connectivity index (χ0) is 70.9. The number of hydrogen-bond donors (Lipinski definition) is 3. The quantitative estimate of drug-likeness (QED) is 0.0222. The van der Waals surface area contributed by atoms with Gasteiger partial charge in [0.15, 0.2) is 12.2 Å². The zero-order valence-electron chi connectivity index (χ0n) is 62.8. The Balaban J connectivity index is 5.19. The Morgan fingerprint density at radius 2 is 0.531 bits per heavy atom. The third-order valence-electron chi connectivity index (χ3n) is 18.6. The summed E-state index contributed by atoms with van der Waals surface area (Å²) in [5.41, 5.74) is 0. The molecule has 0 spiro atoms. The summed E-state index contributed by atoms with van der Waals surface area (Å²) in [5, 5.41) is 10.6.